The lowest BCUT2D eigenvalue weighted by Crippen LogP contribution is -2.49. The highest BCUT2D eigenvalue weighted by molar-refractivity contribution is 5.69. The number of hydrogen-bond acceptors (Lipinski definition) is 7. The molecule has 0 fully saturated rings. The number of nitrogens with zero attached hydrogens (tertiary/aromatic N) is 2. The van der Waals surface area contributed by atoms with Gasteiger partial charge in [-0.15, -0.1) is 0 Å². The predicted octanol–water partition coefficient (Wildman–Crippen LogP) is 3.29. The Bertz CT molecular complexity index is 848. The van der Waals surface area contributed by atoms with E-state index >= 15 is 0 Å². The molecule has 0 aliphatic heterocycles. The van der Waals surface area contributed by atoms with E-state index in [1.165, 1.54) is 38.5 Å². The van der Waals surface area contributed by atoms with Gasteiger partial charge in [-0.2, -0.15) is 0 Å². The summed E-state index contributed by atoms with van der Waals surface area (Å²) in [7, 11) is 0. The fourth-order valence-electron chi connectivity index (χ4n) is 3.63. The Morgan fingerprint density at radius 3 is 1.40 bits per heavy atom. The molecule has 1 N–H and O–H groups in total. The highest BCUT2D eigenvalue weighted by Gasteiger charge is 2.13. The molecule has 0 saturated heterocycles. The molecule has 10 heteroatoms. The Morgan fingerprint density at radius 2 is 1.00 bits per heavy atom. The van der Waals surface area contributed by atoms with Crippen LogP contribution in [-0.4, -0.2) is 39.3 Å². The number of carbonyl (C=O) groups excluding carboxylic acids is 2. The fraction of sp³-hybridized carbons (Fsp3) is 0.800. The van der Waals surface area contributed by atoms with Crippen molar-refractivity contribution in [2.24, 2.45) is 0 Å². The fourth-order valence-corrected chi connectivity index (χ4v) is 3.63. The van der Waals surface area contributed by atoms with Crippen LogP contribution < -0.4 is 17.1 Å². The van der Waals surface area contributed by atoms with Crippen molar-refractivity contribution in [3.05, 3.63) is 31.5 Å². The molecular weight excluding hydrogens is 454 g/mol. The van der Waals surface area contributed by atoms with Crippen molar-refractivity contribution in [3.8, 4) is 0 Å². The average Bonchev–Trinajstić information content (AvgIpc) is 2.82. The zero-order valence-electron chi connectivity index (χ0n) is 21.5. The molecule has 0 spiro atoms. The van der Waals surface area contributed by atoms with Crippen LogP contribution >= 0.6 is 0 Å². The molecule has 35 heavy (non-hydrogen) atoms. The van der Waals surface area contributed by atoms with Crippen molar-refractivity contribution in [3.63, 3.8) is 0 Å². The van der Waals surface area contributed by atoms with Crippen molar-refractivity contribution >= 4 is 11.9 Å². The van der Waals surface area contributed by atoms with Gasteiger partial charge in [0.2, 0.25) is 0 Å². The van der Waals surface area contributed by atoms with Gasteiger partial charge in [0.25, 0.3) is 0 Å². The summed E-state index contributed by atoms with van der Waals surface area (Å²) in [6.45, 7) is 4.47. The molecule has 0 aliphatic rings. The maximum absolute atomic E-state index is 12.6. The van der Waals surface area contributed by atoms with Crippen LogP contribution in [0.25, 0.3) is 0 Å². The molecule has 0 saturated carbocycles. The second kappa shape index (κ2) is 18.6. The van der Waals surface area contributed by atoms with Crippen molar-refractivity contribution in [1.29, 1.82) is 0 Å². The van der Waals surface area contributed by atoms with Crippen molar-refractivity contribution in [2.45, 2.75) is 117 Å². The highest BCUT2D eigenvalue weighted by Crippen LogP contribution is 2.06. The first kappa shape index (κ1) is 30.4. The molecule has 10 nitrogen and oxygen atoms in total. The number of nitrogens with one attached hydrogen (secondary N) is 1. The number of H-pyrrole nitrogens is 1. The van der Waals surface area contributed by atoms with E-state index in [-0.39, 0.29) is 25.9 Å². The zero-order chi connectivity index (χ0) is 25.9. The normalized spacial score (nSPS) is 10.9. The standard InChI is InChI=1S/C25H43N3O7/c1-3-5-7-9-11-13-19-34-21(29)15-17-27-23(31)26-24(32)28(25(27)33)18-16-22(30)35-20-14-12-10-8-6-4-2/h3-20H2,1-2H3,(H,26,31,32). The Kier molecular flexibility index (Phi) is 16.2. The molecule has 0 amide bonds. The van der Waals surface area contributed by atoms with Gasteiger partial charge in [0.1, 0.15) is 0 Å². The lowest BCUT2D eigenvalue weighted by atomic mass is 10.1. The first-order valence-corrected chi connectivity index (χ1v) is 13.2. The lowest BCUT2D eigenvalue weighted by Gasteiger charge is -2.09. The number of rotatable bonds is 20. The first-order valence-electron chi connectivity index (χ1n) is 13.2. The van der Waals surface area contributed by atoms with Gasteiger partial charge in [-0.05, 0) is 12.8 Å². The van der Waals surface area contributed by atoms with Gasteiger partial charge < -0.3 is 9.47 Å². The molecule has 0 unspecified atom stereocenters. The van der Waals surface area contributed by atoms with E-state index in [1.54, 1.807) is 0 Å². The van der Waals surface area contributed by atoms with E-state index in [9.17, 15) is 24.0 Å². The number of unbranched alkanes of at least 4 members (excludes halogenated alkanes) is 10. The van der Waals surface area contributed by atoms with E-state index < -0.39 is 29.0 Å². The van der Waals surface area contributed by atoms with Gasteiger partial charge in [-0.3, -0.25) is 14.6 Å². The van der Waals surface area contributed by atoms with E-state index in [1.807, 2.05) is 0 Å². The average molecular weight is 498 g/mol. The van der Waals surface area contributed by atoms with Gasteiger partial charge in [-0.1, -0.05) is 78.1 Å². The predicted molar refractivity (Wildman–Crippen MR) is 133 cm³/mol. The molecule has 0 aromatic carbocycles. The molecule has 1 aromatic rings. The van der Waals surface area contributed by atoms with Crippen LogP contribution in [-0.2, 0) is 32.2 Å². The molecule has 1 rings (SSSR count). The van der Waals surface area contributed by atoms with E-state index in [4.69, 9.17) is 9.47 Å². The minimum atomic E-state index is -0.898. The summed E-state index contributed by atoms with van der Waals surface area (Å²) in [5.74, 6) is -1.03. The smallest absolute Gasteiger partial charge is 0.336 e. The summed E-state index contributed by atoms with van der Waals surface area (Å²) in [4.78, 5) is 62.7. The van der Waals surface area contributed by atoms with Crippen LogP contribution in [0.15, 0.2) is 14.4 Å². The quantitative estimate of drug-likeness (QED) is 0.216. The number of aromatic amines is 1. The van der Waals surface area contributed by atoms with Gasteiger partial charge in [0.05, 0.1) is 26.1 Å². The second-order valence-corrected chi connectivity index (χ2v) is 8.80. The summed E-state index contributed by atoms with van der Waals surface area (Å²) >= 11 is 0. The summed E-state index contributed by atoms with van der Waals surface area (Å²) in [6, 6.07) is 0. The van der Waals surface area contributed by atoms with Crippen molar-refractivity contribution in [1.82, 2.24) is 14.1 Å². The van der Waals surface area contributed by atoms with E-state index in [2.05, 4.69) is 18.8 Å². The van der Waals surface area contributed by atoms with Crippen LogP contribution in [0, 0.1) is 0 Å². The van der Waals surface area contributed by atoms with Crippen LogP contribution in [0.4, 0.5) is 0 Å². The SMILES string of the molecule is CCCCCCCCOC(=O)CCn1c(=O)[nH]c(=O)n(CCC(=O)OCCCCCCCC)c1=O. The Morgan fingerprint density at radius 1 is 0.629 bits per heavy atom. The van der Waals surface area contributed by atoms with Gasteiger partial charge in [0, 0.05) is 13.1 Å². The summed E-state index contributed by atoms with van der Waals surface area (Å²) in [5, 5.41) is 0. The number of ether oxygens (including phenoxy) is 2. The molecular formula is C25H43N3O7. The molecule has 1 aromatic heterocycles. The van der Waals surface area contributed by atoms with Crippen LogP contribution in [0.5, 0.6) is 0 Å². The largest absolute Gasteiger partial charge is 0.466 e. The molecule has 200 valence electrons. The third-order valence-corrected chi connectivity index (χ3v) is 5.77. The Balaban J connectivity index is 2.45. The van der Waals surface area contributed by atoms with E-state index in [0.29, 0.717) is 13.2 Å². The van der Waals surface area contributed by atoms with Crippen LogP contribution in [0.2, 0.25) is 0 Å². The maximum atomic E-state index is 12.6. The first-order chi connectivity index (χ1) is 16.9. The number of carbonyl (C=O) groups is 2. The maximum Gasteiger partial charge on any atom is 0.336 e. The van der Waals surface area contributed by atoms with Crippen molar-refractivity contribution in [2.75, 3.05) is 13.2 Å². The van der Waals surface area contributed by atoms with Crippen LogP contribution in [0.3, 0.4) is 0 Å². The van der Waals surface area contributed by atoms with Gasteiger partial charge in [0.15, 0.2) is 0 Å². The zero-order valence-corrected chi connectivity index (χ0v) is 21.5. The molecule has 0 bridgehead atoms. The third-order valence-electron chi connectivity index (χ3n) is 5.77. The Hall–Kier alpha value is -2.65. The lowest BCUT2D eigenvalue weighted by molar-refractivity contribution is -0.144. The van der Waals surface area contributed by atoms with Crippen molar-refractivity contribution < 1.29 is 19.1 Å². The second-order valence-electron chi connectivity index (χ2n) is 8.80. The van der Waals surface area contributed by atoms with Gasteiger partial charge >= 0.3 is 29.0 Å². The third kappa shape index (κ3) is 13.1. The topological polar surface area (TPSA) is 129 Å². The highest BCUT2D eigenvalue weighted by atomic mass is 16.5. The van der Waals surface area contributed by atoms with Gasteiger partial charge in [-0.25, -0.2) is 23.5 Å². The summed E-state index contributed by atoms with van der Waals surface area (Å²) < 4.78 is 11.9. The molecule has 0 radical (unpaired) electrons. The van der Waals surface area contributed by atoms with E-state index in [0.717, 1.165) is 47.7 Å². The molecule has 0 atom stereocenters. The number of aromatic nitrogens is 3. The monoisotopic (exact) mass is 497 g/mol. The summed E-state index contributed by atoms with van der Waals surface area (Å²) in [5.41, 5.74) is -2.66. The Labute approximate surface area is 207 Å². The number of esters is 2. The minimum absolute atomic E-state index is 0.169. The van der Waals surface area contributed by atoms with Crippen LogP contribution in [0.1, 0.15) is 104 Å². The molecule has 1 heterocycles. The molecule has 0 aliphatic carbocycles. The minimum Gasteiger partial charge on any atom is -0.466 e. The summed E-state index contributed by atoms with van der Waals surface area (Å²) in [6.07, 6.45) is 12.5. The number of hydrogen-bond donors (Lipinski definition) is 1.